The Hall–Kier alpha value is -3.47. The molecule has 0 spiro atoms. The third-order valence-corrected chi connectivity index (χ3v) is 5.99. The molecule has 1 amide bonds. The fourth-order valence-corrected chi connectivity index (χ4v) is 4.13. The predicted octanol–water partition coefficient (Wildman–Crippen LogP) is 5.32. The monoisotopic (exact) mass is 403 g/mol. The Morgan fingerprint density at radius 2 is 1.80 bits per heavy atom. The van der Waals surface area contributed by atoms with Gasteiger partial charge in [0.05, 0.1) is 12.5 Å². The van der Waals surface area contributed by atoms with E-state index in [4.69, 9.17) is 14.2 Å². The SMILES string of the molecule is COc1ccccc1-c1ccc(NC(=O)C2(c3ccc4c(c3)OCO4)CC2)cc1C.[HH]. The maximum atomic E-state index is 13.2. The highest BCUT2D eigenvalue weighted by molar-refractivity contribution is 6.01. The van der Waals surface area contributed by atoms with Gasteiger partial charge in [0, 0.05) is 12.7 Å². The van der Waals surface area contributed by atoms with Crippen LogP contribution in [0.5, 0.6) is 17.2 Å². The number of aryl methyl sites for hydroxylation is 1. The van der Waals surface area contributed by atoms with Crippen LogP contribution in [0.1, 0.15) is 25.4 Å². The van der Waals surface area contributed by atoms with Crippen LogP contribution in [0.15, 0.2) is 60.7 Å². The van der Waals surface area contributed by atoms with Crippen LogP contribution in [0.4, 0.5) is 5.69 Å². The number of amides is 1. The molecule has 154 valence electrons. The van der Waals surface area contributed by atoms with E-state index in [1.54, 1.807) is 7.11 Å². The average molecular weight is 403 g/mol. The summed E-state index contributed by atoms with van der Waals surface area (Å²) in [5, 5.41) is 3.12. The molecule has 5 nitrogen and oxygen atoms in total. The molecule has 2 aliphatic rings. The summed E-state index contributed by atoms with van der Waals surface area (Å²) in [5.41, 5.74) is 4.48. The topological polar surface area (TPSA) is 56.8 Å². The van der Waals surface area contributed by atoms with Crippen LogP contribution in [0.25, 0.3) is 11.1 Å². The van der Waals surface area contributed by atoms with Gasteiger partial charge in [-0.05, 0) is 66.8 Å². The first-order valence-corrected chi connectivity index (χ1v) is 10.1. The molecule has 0 radical (unpaired) electrons. The second kappa shape index (κ2) is 7.10. The van der Waals surface area contributed by atoms with Crippen LogP contribution in [-0.4, -0.2) is 19.8 Å². The summed E-state index contributed by atoms with van der Waals surface area (Å²) in [5.74, 6) is 2.30. The van der Waals surface area contributed by atoms with Gasteiger partial charge in [-0.1, -0.05) is 30.3 Å². The minimum Gasteiger partial charge on any atom is -0.496 e. The molecule has 1 aliphatic heterocycles. The fourth-order valence-electron chi connectivity index (χ4n) is 4.13. The number of nitrogens with one attached hydrogen (secondary N) is 1. The van der Waals surface area contributed by atoms with Gasteiger partial charge in [-0.25, -0.2) is 0 Å². The summed E-state index contributed by atoms with van der Waals surface area (Å²) >= 11 is 0. The zero-order valence-corrected chi connectivity index (χ0v) is 17.0. The van der Waals surface area contributed by atoms with Crippen molar-refractivity contribution in [3.05, 3.63) is 71.8 Å². The smallest absolute Gasteiger partial charge is 0.235 e. The molecule has 0 saturated heterocycles. The highest BCUT2D eigenvalue weighted by Gasteiger charge is 2.51. The molecule has 0 aromatic heterocycles. The molecule has 1 N–H and O–H groups in total. The molecule has 1 fully saturated rings. The Morgan fingerprint density at radius 1 is 1.00 bits per heavy atom. The first-order chi connectivity index (χ1) is 14.6. The van der Waals surface area contributed by atoms with Gasteiger partial charge in [0.15, 0.2) is 11.5 Å². The predicted molar refractivity (Wildman–Crippen MR) is 117 cm³/mol. The lowest BCUT2D eigenvalue weighted by atomic mass is 9.94. The summed E-state index contributed by atoms with van der Waals surface area (Å²) in [6.07, 6.45) is 1.66. The number of benzene rings is 3. The second-order valence-electron chi connectivity index (χ2n) is 7.83. The number of carbonyl (C=O) groups is 1. The van der Waals surface area contributed by atoms with Crippen molar-refractivity contribution < 1.29 is 20.4 Å². The number of hydrogen-bond acceptors (Lipinski definition) is 4. The van der Waals surface area contributed by atoms with Crippen LogP contribution < -0.4 is 19.5 Å². The first kappa shape index (κ1) is 18.6. The lowest BCUT2D eigenvalue weighted by Crippen LogP contribution is -2.27. The van der Waals surface area contributed by atoms with Gasteiger partial charge < -0.3 is 19.5 Å². The van der Waals surface area contributed by atoms with Crippen LogP contribution >= 0.6 is 0 Å². The van der Waals surface area contributed by atoms with Crippen molar-refractivity contribution in [3.8, 4) is 28.4 Å². The molecule has 1 heterocycles. The average Bonchev–Trinajstić information content (AvgIpc) is 3.45. The van der Waals surface area contributed by atoms with Crippen molar-refractivity contribution in [2.45, 2.75) is 25.2 Å². The maximum absolute atomic E-state index is 13.2. The molecular formula is C25H25NO4. The maximum Gasteiger partial charge on any atom is 0.235 e. The van der Waals surface area contributed by atoms with Crippen molar-refractivity contribution in [1.82, 2.24) is 0 Å². The van der Waals surface area contributed by atoms with Gasteiger partial charge in [-0.15, -0.1) is 0 Å². The van der Waals surface area contributed by atoms with E-state index in [2.05, 4.69) is 5.32 Å². The van der Waals surface area contributed by atoms with E-state index in [1.807, 2.05) is 67.6 Å². The van der Waals surface area contributed by atoms with Crippen molar-refractivity contribution >= 4 is 11.6 Å². The van der Waals surface area contributed by atoms with E-state index in [1.165, 1.54) is 0 Å². The van der Waals surface area contributed by atoms with Gasteiger partial charge in [-0.3, -0.25) is 4.79 Å². The molecule has 3 aromatic carbocycles. The Morgan fingerprint density at radius 3 is 2.57 bits per heavy atom. The minimum absolute atomic E-state index is 0. The molecule has 0 unspecified atom stereocenters. The Balaban J connectivity index is 0.00000231. The van der Waals surface area contributed by atoms with Crippen LogP contribution in [-0.2, 0) is 10.2 Å². The number of ether oxygens (including phenoxy) is 3. The summed E-state index contributed by atoms with van der Waals surface area (Å²) in [7, 11) is 1.67. The standard InChI is InChI=1S/C25H23NO4.H2/c1-16-13-18(8-9-19(16)20-5-3-4-6-21(20)28-2)26-24(27)25(11-12-25)17-7-10-22-23(14-17)30-15-29-22;/h3-10,13-14H,11-12,15H2,1-2H3,(H,26,27);1H. The minimum atomic E-state index is -0.490. The summed E-state index contributed by atoms with van der Waals surface area (Å²) in [6, 6.07) is 19.7. The quantitative estimate of drug-likeness (QED) is 0.627. The molecule has 1 aliphatic carbocycles. The van der Waals surface area contributed by atoms with Crippen LogP contribution in [0.3, 0.4) is 0 Å². The van der Waals surface area contributed by atoms with Crippen molar-refractivity contribution in [2.75, 3.05) is 19.2 Å². The van der Waals surface area contributed by atoms with Crippen molar-refractivity contribution in [1.29, 1.82) is 0 Å². The number of methoxy groups -OCH3 is 1. The summed E-state index contributed by atoms with van der Waals surface area (Å²) < 4.78 is 16.4. The Labute approximate surface area is 177 Å². The van der Waals surface area contributed by atoms with E-state index < -0.39 is 5.41 Å². The highest BCUT2D eigenvalue weighted by Crippen LogP contribution is 2.51. The van der Waals surface area contributed by atoms with Crippen molar-refractivity contribution in [3.63, 3.8) is 0 Å². The van der Waals surface area contributed by atoms with E-state index in [0.717, 1.165) is 52.3 Å². The van der Waals surface area contributed by atoms with Gasteiger partial charge in [0.25, 0.3) is 0 Å². The van der Waals surface area contributed by atoms with Gasteiger partial charge in [-0.2, -0.15) is 0 Å². The summed E-state index contributed by atoms with van der Waals surface area (Å²) in [4.78, 5) is 13.2. The largest absolute Gasteiger partial charge is 0.496 e. The van der Waals surface area contributed by atoms with Crippen molar-refractivity contribution in [2.24, 2.45) is 0 Å². The van der Waals surface area contributed by atoms with Crippen LogP contribution in [0, 0.1) is 6.92 Å². The zero-order chi connectivity index (χ0) is 20.7. The highest BCUT2D eigenvalue weighted by atomic mass is 16.7. The number of carbonyl (C=O) groups excluding carboxylic acids is 1. The zero-order valence-electron chi connectivity index (χ0n) is 17.0. The van der Waals surface area contributed by atoms with Gasteiger partial charge in [0.2, 0.25) is 12.7 Å². The fraction of sp³-hybridized carbons (Fsp3) is 0.240. The van der Waals surface area contributed by atoms with Gasteiger partial charge in [0.1, 0.15) is 5.75 Å². The Bertz CT molecular complexity index is 1140. The number of para-hydroxylation sites is 1. The first-order valence-electron chi connectivity index (χ1n) is 10.1. The summed E-state index contributed by atoms with van der Waals surface area (Å²) in [6.45, 7) is 2.28. The lowest BCUT2D eigenvalue weighted by Gasteiger charge is -2.17. The number of hydrogen-bond donors (Lipinski definition) is 1. The molecule has 5 rings (SSSR count). The molecule has 0 bridgehead atoms. The second-order valence-corrected chi connectivity index (χ2v) is 7.83. The number of rotatable bonds is 5. The molecule has 30 heavy (non-hydrogen) atoms. The van der Waals surface area contributed by atoms with E-state index in [9.17, 15) is 4.79 Å². The van der Waals surface area contributed by atoms with Crippen LogP contribution in [0.2, 0.25) is 0 Å². The molecular weight excluding hydrogens is 378 g/mol. The van der Waals surface area contributed by atoms with Gasteiger partial charge >= 0.3 is 0 Å². The van der Waals surface area contributed by atoms with E-state index in [-0.39, 0.29) is 14.1 Å². The normalized spacial score (nSPS) is 15.5. The lowest BCUT2D eigenvalue weighted by molar-refractivity contribution is -0.118. The molecule has 3 aromatic rings. The van der Waals surface area contributed by atoms with E-state index >= 15 is 0 Å². The van der Waals surface area contributed by atoms with E-state index in [0.29, 0.717) is 5.75 Å². The molecule has 1 saturated carbocycles. The molecule has 5 heteroatoms. The number of anilines is 1. The number of fused-ring (bicyclic) bond motifs is 1. The third kappa shape index (κ3) is 3.07. The Kier molecular flexibility index (Phi) is 4.39. The molecule has 0 atom stereocenters. The third-order valence-electron chi connectivity index (χ3n) is 5.99.